The fraction of sp³-hybridized carbons (Fsp3) is 0.143. The van der Waals surface area contributed by atoms with Crippen LogP contribution in [-0.2, 0) is 11.3 Å². The van der Waals surface area contributed by atoms with Crippen LogP contribution in [0.4, 0.5) is 8.78 Å². The van der Waals surface area contributed by atoms with Gasteiger partial charge >= 0.3 is 0 Å². The standard InChI is InChI=1S/C21H16F2N2O3S/c1-4-9-25-20-15(23)11-14(22)12-18(20)29-21(25)24-19(26)8-6-13-5-7-16(27-2)17(10-13)28-3/h1,5-8,10-12H,9H2,2-3H3. The number of methoxy groups -OCH3 is 2. The van der Waals surface area contributed by atoms with E-state index in [4.69, 9.17) is 15.9 Å². The quantitative estimate of drug-likeness (QED) is 0.472. The van der Waals surface area contributed by atoms with E-state index >= 15 is 0 Å². The first-order valence-electron chi connectivity index (χ1n) is 8.37. The molecule has 29 heavy (non-hydrogen) atoms. The number of hydrogen-bond acceptors (Lipinski definition) is 4. The molecule has 0 atom stereocenters. The smallest absolute Gasteiger partial charge is 0.272 e. The zero-order valence-corrected chi connectivity index (χ0v) is 16.4. The molecule has 0 bridgehead atoms. The predicted molar refractivity (Wildman–Crippen MR) is 108 cm³/mol. The Bertz CT molecular complexity index is 1220. The van der Waals surface area contributed by atoms with Crippen molar-refractivity contribution in [2.75, 3.05) is 14.2 Å². The number of terminal acetylenes is 1. The molecule has 0 saturated heterocycles. The second kappa shape index (κ2) is 8.71. The number of fused-ring (bicyclic) bond motifs is 1. The molecular weight excluding hydrogens is 398 g/mol. The van der Waals surface area contributed by atoms with Crippen LogP contribution in [-0.4, -0.2) is 24.7 Å². The number of hydrogen-bond donors (Lipinski definition) is 0. The van der Waals surface area contributed by atoms with E-state index in [9.17, 15) is 13.6 Å². The first kappa shape index (κ1) is 20.3. The normalized spacial score (nSPS) is 11.8. The highest BCUT2D eigenvalue weighted by atomic mass is 32.1. The number of thiazole rings is 1. The maximum atomic E-state index is 14.2. The Kier molecular flexibility index (Phi) is 6.10. The maximum absolute atomic E-state index is 14.2. The highest BCUT2D eigenvalue weighted by molar-refractivity contribution is 7.16. The molecule has 1 heterocycles. The summed E-state index contributed by atoms with van der Waals surface area (Å²) in [6.45, 7) is -0.00589. The van der Waals surface area contributed by atoms with Gasteiger partial charge in [-0.3, -0.25) is 4.79 Å². The van der Waals surface area contributed by atoms with Gasteiger partial charge in [-0.1, -0.05) is 23.3 Å². The van der Waals surface area contributed by atoms with E-state index in [-0.39, 0.29) is 16.9 Å². The molecule has 1 aromatic heterocycles. The van der Waals surface area contributed by atoms with Gasteiger partial charge in [0.15, 0.2) is 22.1 Å². The Morgan fingerprint density at radius 3 is 2.69 bits per heavy atom. The van der Waals surface area contributed by atoms with E-state index in [1.54, 1.807) is 24.3 Å². The number of carbonyl (C=O) groups excluding carboxylic acids is 1. The van der Waals surface area contributed by atoms with Gasteiger partial charge in [0.1, 0.15) is 5.82 Å². The van der Waals surface area contributed by atoms with Crippen molar-refractivity contribution in [3.05, 3.63) is 58.4 Å². The minimum absolute atomic E-state index is 0.00589. The van der Waals surface area contributed by atoms with Gasteiger partial charge in [-0.25, -0.2) is 8.78 Å². The summed E-state index contributed by atoms with van der Waals surface area (Å²) in [4.78, 5) is 16.5. The van der Waals surface area contributed by atoms with Crippen LogP contribution in [0, 0.1) is 24.0 Å². The highest BCUT2D eigenvalue weighted by Gasteiger charge is 2.13. The van der Waals surface area contributed by atoms with Gasteiger partial charge in [-0.05, 0) is 29.8 Å². The third kappa shape index (κ3) is 4.36. The lowest BCUT2D eigenvalue weighted by Gasteiger charge is -2.07. The molecule has 0 saturated carbocycles. The number of ether oxygens (including phenoxy) is 2. The van der Waals surface area contributed by atoms with Crippen molar-refractivity contribution in [2.24, 2.45) is 4.99 Å². The number of carbonyl (C=O) groups is 1. The number of nitrogens with zero attached hydrogens (tertiary/aromatic N) is 2. The third-order valence-corrected chi connectivity index (χ3v) is 5.00. The molecule has 0 aliphatic rings. The minimum atomic E-state index is -0.763. The summed E-state index contributed by atoms with van der Waals surface area (Å²) in [5.74, 6) is 1.43. The van der Waals surface area contributed by atoms with Gasteiger partial charge in [0.2, 0.25) is 0 Å². The predicted octanol–water partition coefficient (Wildman–Crippen LogP) is 3.77. The number of aromatic nitrogens is 1. The maximum Gasteiger partial charge on any atom is 0.272 e. The second-order valence-corrected chi connectivity index (χ2v) is 6.82. The lowest BCUT2D eigenvalue weighted by molar-refractivity contribution is -0.113. The van der Waals surface area contributed by atoms with Crippen molar-refractivity contribution in [3.8, 4) is 23.8 Å². The summed E-state index contributed by atoms with van der Waals surface area (Å²) in [5, 5.41) is 0. The Morgan fingerprint density at radius 1 is 1.24 bits per heavy atom. The zero-order chi connectivity index (χ0) is 21.0. The van der Waals surface area contributed by atoms with Crippen molar-refractivity contribution in [2.45, 2.75) is 6.54 Å². The van der Waals surface area contributed by atoms with Crippen molar-refractivity contribution < 1.29 is 23.0 Å². The molecule has 0 aliphatic carbocycles. The summed E-state index contributed by atoms with van der Waals surface area (Å²) in [6, 6.07) is 7.12. The summed E-state index contributed by atoms with van der Waals surface area (Å²) in [7, 11) is 3.04. The topological polar surface area (TPSA) is 52.8 Å². The Labute approximate surface area is 169 Å². The average Bonchev–Trinajstić information content (AvgIpc) is 3.03. The molecule has 3 rings (SSSR count). The molecule has 5 nitrogen and oxygen atoms in total. The molecule has 0 spiro atoms. The summed E-state index contributed by atoms with van der Waals surface area (Å²) in [6.07, 6.45) is 8.18. The van der Waals surface area contributed by atoms with E-state index in [1.165, 1.54) is 30.9 Å². The molecule has 8 heteroatoms. The second-order valence-electron chi connectivity index (χ2n) is 5.81. The Hall–Kier alpha value is -3.44. The fourth-order valence-electron chi connectivity index (χ4n) is 2.71. The SMILES string of the molecule is C#CCn1c(=NC(=O)C=Cc2ccc(OC)c(OC)c2)sc2cc(F)cc(F)c21. The van der Waals surface area contributed by atoms with Crippen LogP contribution >= 0.6 is 11.3 Å². The molecule has 148 valence electrons. The molecule has 3 aromatic rings. The van der Waals surface area contributed by atoms with Crippen molar-refractivity contribution in [1.29, 1.82) is 0 Å². The van der Waals surface area contributed by atoms with Crippen LogP contribution in [0.3, 0.4) is 0 Å². The monoisotopic (exact) mass is 414 g/mol. The van der Waals surface area contributed by atoms with Gasteiger partial charge in [-0.15, -0.1) is 6.42 Å². The number of rotatable bonds is 5. The summed E-state index contributed by atoms with van der Waals surface area (Å²) in [5.41, 5.74) is 0.817. The zero-order valence-electron chi connectivity index (χ0n) is 15.6. The lowest BCUT2D eigenvalue weighted by atomic mass is 10.2. The highest BCUT2D eigenvalue weighted by Crippen LogP contribution is 2.28. The molecule has 0 aliphatic heterocycles. The van der Waals surface area contributed by atoms with Crippen LogP contribution in [0.5, 0.6) is 11.5 Å². The van der Waals surface area contributed by atoms with Gasteiger partial charge in [0, 0.05) is 12.1 Å². The number of benzene rings is 2. The van der Waals surface area contributed by atoms with Crippen molar-refractivity contribution in [3.63, 3.8) is 0 Å². The number of halogens is 2. The van der Waals surface area contributed by atoms with E-state index in [0.717, 1.165) is 17.4 Å². The van der Waals surface area contributed by atoms with Gasteiger partial charge in [-0.2, -0.15) is 4.99 Å². The first-order chi connectivity index (χ1) is 14.0. The third-order valence-electron chi connectivity index (χ3n) is 3.98. The average molecular weight is 414 g/mol. The Balaban J connectivity index is 1.98. The summed E-state index contributed by atoms with van der Waals surface area (Å²) >= 11 is 0.983. The minimum Gasteiger partial charge on any atom is -0.493 e. The van der Waals surface area contributed by atoms with E-state index in [1.807, 2.05) is 0 Å². The fourth-order valence-corrected chi connectivity index (χ4v) is 3.78. The van der Waals surface area contributed by atoms with Crippen LogP contribution in [0.25, 0.3) is 16.3 Å². The molecular formula is C21H16F2N2O3S. The van der Waals surface area contributed by atoms with E-state index < -0.39 is 17.5 Å². The van der Waals surface area contributed by atoms with E-state index in [0.29, 0.717) is 21.8 Å². The molecule has 2 aromatic carbocycles. The Morgan fingerprint density at radius 2 is 2.00 bits per heavy atom. The molecule has 0 radical (unpaired) electrons. The lowest BCUT2D eigenvalue weighted by Crippen LogP contribution is -2.16. The van der Waals surface area contributed by atoms with Crippen LogP contribution in [0.2, 0.25) is 0 Å². The van der Waals surface area contributed by atoms with Crippen molar-refractivity contribution >= 4 is 33.5 Å². The molecule has 0 N–H and O–H groups in total. The van der Waals surface area contributed by atoms with Gasteiger partial charge in [0.25, 0.3) is 5.91 Å². The van der Waals surface area contributed by atoms with Gasteiger partial charge in [0.05, 0.1) is 31.0 Å². The van der Waals surface area contributed by atoms with Crippen LogP contribution < -0.4 is 14.3 Å². The van der Waals surface area contributed by atoms with Crippen molar-refractivity contribution in [1.82, 2.24) is 4.57 Å². The van der Waals surface area contributed by atoms with Gasteiger partial charge < -0.3 is 14.0 Å². The summed E-state index contributed by atoms with van der Waals surface area (Å²) < 4.78 is 39.8. The van der Waals surface area contributed by atoms with Crippen LogP contribution in [0.1, 0.15) is 5.56 Å². The molecule has 0 unspecified atom stereocenters. The van der Waals surface area contributed by atoms with E-state index in [2.05, 4.69) is 10.9 Å². The largest absolute Gasteiger partial charge is 0.493 e. The molecule has 0 fully saturated rings. The van der Waals surface area contributed by atoms with Crippen LogP contribution in [0.15, 0.2) is 41.4 Å². The number of amides is 1. The first-order valence-corrected chi connectivity index (χ1v) is 9.19. The molecule has 1 amide bonds.